The monoisotopic (exact) mass is 133 g/mol. The summed E-state index contributed by atoms with van der Waals surface area (Å²) in [4.78, 5) is 0. The molecule has 0 bridgehead atoms. The molecule has 0 saturated heterocycles. The van der Waals surface area contributed by atoms with Gasteiger partial charge in [0.2, 0.25) is 0 Å². The van der Waals surface area contributed by atoms with E-state index in [2.05, 4.69) is 42.9 Å². The molecule has 0 heteroatoms. The topological polar surface area (TPSA) is 0 Å². The van der Waals surface area contributed by atoms with E-state index in [-0.39, 0.29) is 0 Å². The fourth-order valence-corrected chi connectivity index (χ4v) is 0.881. The zero-order valence-electron chi connectivity index (χ0n) is 6.16. The van der Waals surface area contributed by atoms with Gasteiger partial charge in [0, 0.05) is 0 Å². The first-order valence-corrected chi connectivity index (χ1v) is 3.80. The number of rotatable bonds is 0. The standard InChI is InChI=1S/C10H13/c1-2-4-6-8-10-9-7-5-3-1/h1-5,8,10H,6-7,9H2. The summed E-state index contributed by atoms with van der Waals surface area (Å²) in [5.74, 6) is 0. The van der Waals surface area contributed by atoms with Crippen molar-refractivity contribution in [1.82, 2.24) is 0 Å². The van der Waals surface area contributed by atoms with Gasteiger partial charge in [0.1, 0.15) is 0 Å². The van der Waals surface area contributed by atoms with E-state index in [1.807, 2.05) is 0 Å². The van der Waals surface area contributed by atoms with Gasteiger partial charge in [-0.05, 0) is 25.7 Å². The third kappa shape index (κ3) is 3.29. The van der Waals surface area contributed by atoms with E-state index in [9.17, 15) is 0 Å². The highest BCUT2D eigenvalue weighted by atomic mass is 13.9. The fraction of sp³-hybridized carbons (Fsp3) is 0.300. The lowest BCUT2D eigenvalue weighted by Crippen LogP contribution is -1.70. The molecule has 0 aromatic heterocycles. The molecule has 0 spiro atoms. The van der Waals surface area contributed by atoms with Crippen LogP contribution >= 0.6 is 0 Å². The smallest absolute Gasteiger partial charge is 0.0130 e. The third-order valence-electron chi connectivity index (χ3n) is 1.43. The van der Waals surface area contributed by atoms with Crippen molar-refractivity contribution in [2.75, 3.05) is 0 Å². The predicted octanol–water partition coefficient (Wildman–Crippen LogP) is 3.04. The zero-order valence-corrected chi connectivity index (χ0v) is 6.16. The van der Waals surface area contributed by atoms with Crippen molar-refractivity contribution in [2.24, 2.45) is 0 Å². The average Bonchev–Trinajstić information content (AvgIpc) is 2.01. The van der Waals surface area contributed by atoms with Gasteiger partial charge < -0.3 is 0 Å². The van der Waals surface area contributed by atoms with Crippen molar-refractivity contribution in [3.63, 3.8) is 0 Å². The van der Waals surface area contributed by atoms with Gasteiger partial charge in [-0.2, -0.15) is 0 Å². The molecular formula is C10H13. The minimum atomic E-state index is 1.07. The van der Waals surface area contributed by atoms with Gasteiger partial charge in [0.05, 0.1) is 0 Å². The molecule has 0 fully saturated rings. The van der Waals surface area contributed by atoms with E-state index in [4.69, 9.17) is 0 Å². The average molecular weight is 133 g/mol. The second-order valence-electron chi connectivity index (χ2n) is 2.33. The summed E-state index contributed by atoms with van der Waals surface area (Å²) in [5, 5.41) is 0. The first-order chi connectivity index (χ1) is 5.00. The van der Waals surface area contributed by atoms with E-state index in [1.165, 1.54) is 12.8 Å². The maximum atomic E-state index is 2.24. The quantitative estimate of drug-likeness (QED) is 0.445. The Morgan fingerprint density at radius 3 is 2.60 bits per heavy atom. The lowest BCUT2D eigenvalue weighted by molar-refractivity contribution is 1.04. The molecule has 0 aromatic rings. The Morgan fingerprint density at radius 1 is 0.700 bits per heavy atom. The molecule has 0 unspecified atom stereocenters. The van der Waals surface area contributed by atoms with Crippen molar-refractivity contribution < 1.29 is 0 Å². The summed E-state index contributed by atoms with van der Waals surface area (Å²) in [6, 6.07) is 0. The van der Waals surface area contributed by atoms with Crippen LogP contribution in [0.4, 0.5) is 0 Å². The lowest BCUT2D eigenvalue weighted by Gasteiger charge is -1.89. The molecule has 1 aliphatic carbocycles. The predicted molar refractivity (Wildman–Crippen MR) is 45.6 cm³/mol. The van der Waals surface area contributed by atoms with Gasteiger partial charge in [-0.3, -0.25) is 0 Å². The molecule has 1 radical (unpaired) electrons. The second kappa shape index (κ2) is 5.04. The largest absolute Gasteiger partial charge is 0.0882 e. The van der Waals surface area contributed by atoms with Crippen molar-refractivity contribution in [3.8, 4) is 0 Å². The van der Waals surface area contributed by atoms with Crippen LogP contribution in [0.3, 0.4) is 0 Å². The molecule has 0 atom stereocenters. The fourth-order valence-electron chi connectivity index (χ4n) is 0.881. The van der Waals surface area contributed by atoms with E-state index in [1.54, 1.807) is 0 Å². The zero-order chi connectivity index (χ0) is 7.07. The SMILES string of the molecule is [CH]1C=CC=CCCC=CC1. The van der Waals surface area contributed by atoms with E-state index in [0.29, 0.717) is 0 Å². The van der Waals surface area contributed by atoms with Crippen molar-refractivity contribution in [3.05, 3.63) is 42.9 Å². The number of allylic oxidation sites excluding steroid dienone is 6. The van der Waals surface area contributed by atoms with Gasteiger partial charge >= 0.3 is 0 Å². The van der Waals surface area contributed by atoms with Crippen LogP contribution in [0.2, 0.25) is 0 Å². The molecule has 1 rings (SSSR count). The maximum absolute atomic E-state index is 2.24. The highest BCUT2D eigenvalue weighted by Gasteiger charge is 1.80. The minimum Gasteiger partial charge on any atom is -0.0882 e. The molecule has 0 amide bonds. The Labute approximate surface area is 62.9 Å². The number of hydrogen-bond donors (Lipinski definition) is 0. The summed E-state index contributed by atoms with van der Waals surface area (Å²) in [6.07, 6.45) is 18.5. The summed E-state index contributed by atoms with van der Waals surface area (Å²) in [5.41, 5.74) is 0. The van der Waals surface area contributed by atoms with Crippen LogP contribution in [-0.4, -0.2) is 0 Å². The summed E-state index contributed by atoms with van der Waals surface area (Å²) >= 11 is 0. The molecule has 0 aliphatic heterocycles. The Morgan fingerprint density at radius 2 is 1.60 bits per heavy atom. The summed E-state index contributed by atoms with van der Waals surface area (Å²) < 4.78 is 0. The van der Waals surface area contributed by atoms with Crippen LogP contribution < -0.4 is 0 Å². The normalized spacial score (nSPS) is 19.2. The molecule has 1 aliphatic rings. The van der Waals surface area contributed by atoms with Crippen molar-refractivity contribution in [1.29, 1.82) is 0 Å². The summed E-state index contributed by atoms with van der Waals surface area (Å²) in [6.45, 7) is 0. The van der Waals surface area contributed by atoms with Gasteiger partial charge in [-0.25, -0.2) is 0 Å². The molecule has 0 N–H and O–H groups in total. The Hall–Kier alpha value is -0.780. The van der Waals surface area contributed by atoms with Gasteiger partial charge in [-0.15, -0.1) is 0 Å². The van der Waals surface area contributed by atoms with Gasteiger partial charge in [0.15, 0.2) is 0 Å². The second-order valence-corrected chi connectivity index (χ2v) is 2.33. The van der Waals surface area contributed by atoms with Crippen LogP contribution in [0.5, 0.6) is 0 Å². The van der Waals surface area contributed by atoms with E-state index in [0.717, 1.165) is 6.42 Å². The van der Waals surface area contributed by atoms with Gasteiger partial charge in [-0.1, -0.05) is 36.5 Å². The summed E-state index contributed by atoms with van der Waals surface area (Å²) in [7, 11) is 0. The Balaban J connectivity index is 2.38. The first-order valence-electron chi connectivity index (χ1n) is 3.80. The van der Waals surface area contributed by atoms with Crippen LogP contribution in [0, 0.1) is 6.42 Å². The van der Waals surface area contributed by atoms with Crippen LogP contribution in [0.1, 0.15) is 19.3 Å². The highest BCUT2D eigenvalue weighted by Crippen LogP contribution is 1.99. The number of hydrogen-bond acceptors (Lipinski definition) is 0. The third-order valence-corrected chi connectivity index (χ3v) is 1.43. The minimum absolute atomic E-state index is 1.07. The molecule has 0 nitrogen and oxygen atoms in total. The van der Waals surface area contributed by atoms with E-state index >= 15 is 0 Å². The first kappa shape index (κ1) is 7.33. The Bertz CT molecular complexity index is 131. The lowest BCUT2D eigenvalue weighted by atomic mass is 10.2. The molecule has 0 aromatic carbocycles. The van der Waals surface area contributed by atoms with Gasteiger partial charge in [0.25, 0.3) is 0 Å². The maximum Gasteiger partial charge on any atom is -0.0130 e. The molecular weight excluding hydrogens is 120 g/mol. The van der Waals surface area contributed by atoms with Crippen LogP contribution in [0.15, 0.2) is 36.5 Å². The Kier molecular flexibility index (Phi) is 3.69. The van der Waals surface area contributed by atoms with Crippen molar-refractivity contribution >= 4 is 0 Å². The molecule has 53 valence electrons. The molecule has 0 heterocycles. The highest BCUT2D eigenvalue weighted by molar-refractivity contribution is 5.10. The van der Waals surface area contributed by atoms with E-state index < -0.39 is 0 Å². The van der Waals surface area contributed by atoms with Crippen LogP contribution in [-0.2, 0) is 0 Å². The molecule has 0 saturated carbocycles. The van der Waals surface area contributed by atoms with Crippen LogP contribution in [0.25, 0.3) is 0 Å². The van der Waals surface area contributed by atoms with Crippen molar-refractivity contribution in [2.45, 2.75) is 19.3 Å². The molecule has 10 heavy (non-hydrogen) atoms.